The largest absolute Gasteiger partial charge is 0.480 e. The number of carboxylic acids is 1. The van der Waals surface area contributed by atoms with Gasteiger partial charge < -0.3 is 5.11 Å². The molecule has 0 radical (unpaired) electrons. The minimum atomic E-state index is -0.658. The monoisotopic (exact) mass is 267 g/mol. The lowest BCUT2D eigenvalue weighted by atomic mass is 9.93. The van der Waals surface area contributed by atoms with E-state index in [2.05, 4.69) is 24.0 Å². The molecule has 1 atom stereocenters. The highest BCUT2D eigenvalue weighted by molar-refractivity contribution is 7.11. The molecule has 0 spiro atoms. The second kappa shape index (κ2) is 5.41. The van der Waals surface area contributed by atoms with E-state index in [1.54, 1.807) is 0 Å². The summed E-state index contributed by atoms with van der Waals surface area (Å²) in [6.07, 6.45) is 3.52. The molecule has 1 aliphatic heterocycles. The van der Waals surface area contributed by atoms with Crippen LogP contribution < -0.4 is 0 Å². The average molecular weight is 267 g/mol. The third-order valence-corrected chi connectivity index (χ3v) is 5.23. The number of thiophene rings is 1. The van der Waals surface area contributed by atoms with E-state index >= 15 is 0 Å². The molecule has 100 valence electrons. The minimum absolute atomic E-state index is 0.629. The number of carbonyl (C=O) groups is 1. The summed E-state index contributed by atoms with van der Waals surface area (Å²) < 4.78 is 0. The Kier molecular flexibility index (Phi) is 4.07. The zero-order valence-corrected chi connectivity index (χ0v) is 11.9. The Morgan fingerprint density at radius 3 is 2.72 bits per heavy atom. The molecule has 2 rings (SSSR count). The van der Waals surface area contributed by atoms with Gasteiger partial charge in [-0.3, -0.25) is 9.69 Å². The van der Waals surface area contributed by atoms with Crippen molar-refractivity contribution in [3.8, 4) is 0 Å². The normalized spacial score (nSPS) is 24.6. The molecule has 1 aliphatic rings. The molecule has 4 heteroatoms. The topological polar surface area (TPSA) is 40.5 Å². The van der Waals surface area contributed by atoms with Crippen LogP contribution in [0.25, 0.3) is 0 Å². The number of aliphatic carboxylic acids is 1. The third-order valence-electron chi connectivity index (χ3n) is 4.02. The van der Waals surface area contributed by atoms with Gasteiger partial charge in [0.2, 0.25) is 0 Å². The van der Waals surface area contributed by atoms with E-state index in [0.717, 1.165) is 32.4 Å². The molecule has 0 amide bonds. The van der Waals surface area contributed by atoms with Crippen LogP contribution in [0.1, 0.15) is 42.9 Å². The van der Waals surface area contributed by atoms with Crippen molar-refractivity contribution in [3.63, 3.8) is 0 Å². The molecule has 1 aromatic rings. The summed E-state index contributed by atoms with van der Waals surface area (Å²) in [5, 5.41) is 9.53. The summed E-state index contributed by atoms with van der Waals surface area (Å²) in [5.74, 6) is -0.658. The number of nitrogens with zero attached hydrogens (tertiary/aromatic N) is 1. The summed E-state index contributed by atoms with van der Waals surface area (Å²) >= 11 is 1.81. The fraction of sp³-hybridized carbons (Fsp3) is 0.643. The summed E-state index contributed by atoms with van der Waals surface area (Å²) in [5.41, 5.74) is -0.629. The van der Waals surface area contributed by atoms with Gasteiger partial charge in [-0.05, 0) is 44.4 Å². The van der Waals surface area contributed by atoms with Crippen LogP contribution in [0.15, 0.2) is 12.1 Å². The fourth-order valence-electron chi connectivity index (χ4n) is 2.84. The van der Waals surface area contributed by atoms with E-state index in [0.29, 0.717) is 6.42 Å². The second-order valence-corrected chi connectivity index (χ2v) is 6.19. The highest BCUT2D eigenvalue weighted by Crippen LogP contribution is 2.35. The first-order valence-electron chi connectivity index (χ1n) is 6.68. The molecular formula is C14H21NO2S. The van der Waals surface area contributed by atoms with Crippen LogP contribution in [0.3, 0.4) is 0 Å². The van der Waals surface area contributed by atoms with Crippen molar-refractivity contribution in [1.29, 1.82) is 0 Å². The van der Waals surface area contributed by atoms with Gasteiger partial charge in [-0.1, -0.05) is 13.8 Å². The maximum Gasteiger partial charge on any atom is 0.324 e. The van der Waals surface area contributed by atoms with E-state index in [4.69, 9.17) is 0 Å². The van der Waals surface area contributed by atoms with E-state index in [9.17, 15) is 9.90 Å². The van der Waals surface area contributed by atoms with Crippen molar-refractivity contribution in [2.75, 3.05) is 6.54 Å². The van der Waals surface area contributed by atoms with Crippen LogP contribution in [-0.4, -0.2) is 28.1 Å². The van der Waals surface area contributed by atoms with Crippen molar-refractivity contribution < 1.29 is 9.90 Å². The van der Waals surface area contributed by atoms with Crippen molar-refractivity contribution in [2.24, 2.45) is 0 Å². The van der Waals surface area contributed by atoms with Crippen molar-refractivity contribution in [3.05, 3.63) is 21.9 Å². The van der Waals surface area contributed by atoms with Crippen LogP contribution >= 0.6 is 11.3 Å². The first-order valence-corrected chi connectivity index (χ1v) is 7.50. The molecule has 1 N–H and O–H groups in total. The zero-order chi connectivity index (χ0) is 13.2. The van der Waals surface area contributed by atoms with Gasteiger partial charge >= 0.3 is 5.97 Å². The molecule has 18 heavy (non-hydrogen) atoms. The number of likely N-dealkylation sites (tertiary alicyclic amines) is 1. The van der Waals surface area contributed by atoms with Crippen molar-refractivity contribution in [2.45, 2.75) is 51.6 Å². The van der Waals surface area contributed by atoms with Gasteiger partial charge in [-0.2, -0.15) is 0 Å². The lowest BCUT2D eigenvalue weighted by molar-refractivity contribution is -0.150. The first-order chi connectivity index (χ1) is 8.62. The molecule has 0 aromatic carbocycles. The Morgan fingerprint density at radius 2 is 2.17 bits per heavy atom. The predicted molar refractivity (Wildman–Crippen MR) is 74.0 cm³/mol. The fourth-order valence-corrected chi connectivity index (χ4v) is 3.82. The van der Waals surface area contributed by atoms with Crippen LogP contribution in [0.4, 0.5) is 0 Å². The molecule has 2 heterocycles. The van der Waals surface area contributed by atoms with Gasteiger partial charge in [-0.15, -0.1) is 11.3 Å². The third kappa shape index (κ3) is 2.31. The number of rotatable bonds is 5. The molecule has 0 saturated carbocycles. The Hall–Kier alpha value is -0.870. The molecule has 1 aromatic heterocycles. The standard InChI is InChI=1S/C14H21NO2S/c1-3-11-6-7-12(18-11)10-15-9-5-8-14(15,4-2)13(16)17/h6-7H,3-5,8-10H2,1-2H3,(H,16,17). The minimum Gasteiger partial charge on any atom is -0.480 e. The SMILES string of the molecule is CCc1ccc(CN2CCCC2(CC)C(=O)O)s1. The lowest BCUT2D eigenvalue weighted by Gasteiger charge is -2.33. The Morgan fingerprint density at radius 1 is 1.44 bits per heavy atom. The number of carboxylic acid groups (broad SMARTS) is 1. The highest BCUT2D eigenvalue weighted by Gasteiger charge is 2.45. The summed E-state index contributed by atoms with van der Waals surface area (Å²) in [7, 11) is 0. The van der Waals surface area contributed by atoms with Crippen LogP contribution in [-0.2, 0) is 17.8 Å². The van der Waals surface area contributed by atoms with Gasteiger partial charge in [0.1, 0.15) is 5.54 Å². The van der Waals surface area contributed by atoms with Crippen LogP contribution in [0.5, 0.6) is 0 Å². The molecular weight excluding hydrogens is 246 g/mol. The first kappa shape index (κ1) is 13.6. The molecule has 1 saturated heterocycles. The van der Waals surface area contributed by atoms with Crippen LogP contribution in [0, 0.1) is 0 Å². The second-order valence-electron chi connectivity index (χ2n) is 4.94. The van der Waals surface area contributed by atoms with Gasteiger partial charge in [0.15, 0.2) is 0 Å². The quantitative estimate of drug-likeness (QED) is 0.891. The van der Waals surface area contributed by atoms with Gasteiger partial charge in [0.25, 0.3) is 0 Å². The smallest absolute Gasteiger partial charge is 0.324 e. The van der Waals surface area contributed by atoms with Gasteiger partial charge in [0, 0.05) is 16.3 Å². The van der Waals surface area contributed by atoms with Crippen LogP contribution in [0.2, 0.25) is 0 Å². The average Bonchev–Trinajstić information content (AvgIpc) is 2.96. The van der Waals surface area contributed by atoms with Gasteiger partial charge in [0.05, 0.1) is 0 Å². The van der Waals surface area contributed by atoms with E-state index in [1.807, 2.05) is 18.3 Å². The molecule has 1 fully saturated rings. The molecule has 0 aliphatic carbocycles. The Bertz CT molecular complexity index is 429. The zero-order valence-electron chi connectivity index (χ0n) is 11.1. The maximum absolute atomic E-state index is 11.6. The Balaban J connectivity index is 2.14. The number of aryl methyl sites for hydroxylation is 1. The molecule has 3 nitrogen and oxygen atoms in total. The molecule has 1 unspecified atom stereocenters. The summed E-state index contributed by atoms with van der Waals surface area (Å²) in [6, 6.07) is 4.30. The molecule has 0 bridgehead atoms. The highest BCUT2D eigenvalue weighted by atomic mass is 32.1. The number of hydrogen-bond donors (Lipinski definition) is 1. The lowest BCUT2D eigenvalue weighted by Crippen LogP contribution is -2.49. The van der Waals surface area contributed by atoms with E-state index in [-0.39, 0.29) is 0 Å². The van der Waals surface area contributed by atoms with E-state index in [1.165, 1.54) is 9.75 Å². The number of hydrogen-bond acceptors (Lipinski definition) is 3. The predicted octanol–water partition coefficient (Wildman–Crippen LogP) is 3.14. The Labute approximate surface area is 112 Å². The van der Waals surface area contributed by atoms with Crippen molar-refractivity contribution in [1.82, 2.24) is 4.90 Å². The maximum atomic E-state index is 11.6. The summed E-state index contributed by atoms with van der Waals surface area (Å²) in [6.45, 7) is 5.82. The van der Waals surface area contributed by atoms with Gasteiger partial charge in [-0.25, -0.2) is 0 Å². The summed E-state index contributed by atoms with van der Waals surface area (Å²) in [4.78, 5) is 16.4. The van der Waals surface area contributed by atoms with E-state index < -0.39 is 11.5 Å². The van der Waals surface area contributed by atoms with Crippen molar-refractivity contribution >= 4 is 17.3 Å².